The van der Waals surface area contributed by atoms with Gasteiger partial charge in [-0.25, -0.2) is 9.59 Å². The van der Waals surface area contributed by atoms with Gasteiger partial charge in [-0.3, -0.25) is 4.79 Å². The molecule has 5 atom stereocenters. The molecule has 0 saturated heterocycles. The maximum absolute atomic E-state index is 12.9. The monoisotopic (exact) mass is 512 g/mol. The molecule has 0 unspecified atom stereocenters. The molecule has 7 N–H and O–H groups in total. The van der Waals surface area contributed by atoms with Gasteiger partial charge < -0.3 is 36.6 Å². The summed E-state index contributed by atoms with van der Waals surface area (Å²) in [6.45, 7) is 6.25. The average molecular weight is 513 g/mol. The van der Waals surface area contributed by atoms with E-state index in [0.29, 0.717) is 16.8 Å². The third-order valence-corrected chi connectivity index (χ3v) is 7.59. The van der Waals surface area contributed by atoms with Gasteiger partial charge in [0, 0.05) is 24.2 Å². The Bertz CT molecular complexity index is 1160. The fourth-order valence-electron chi connectivity index (χ4n) is 5.36. The van der Waals surface area contributed by atoms with E-state index in [1.165, 1.54) is 20.0 Å². The number of hydrogen-bond donors (Lipinski definition) is 6. The van der Waals surface area contributed by atoms with Crippen molar-refractivity contribution in [2.45, 2.75) is 57.3 Å². The number of ether oxygens (including phenoxy) is 1. The van der Waals surface area contributed by atoms with Crippen LogP contribution in [0.1, 0.15) is 53.5 Å². The van der Waals surface area contributed by atoms with E-state index < -0.39 is 41.1 Å². The van der Waals surface area contributed by atoms with Crippen LogP contribution in [0.3, 0.4) is 0 Å². The number of aromatic hydroxyl groups is 1. The van der Waals surface area contributed by atoms with E-state index in [1.54, 1.807) is 57.2 Å². The summed E-state index contributed by atoms with van der Waals surface area (Å²) >= 11 is 0. The Morgan fingerprint density at radius 2 is 1.84 bits per heavy atom. The van der Waals surface area contributed by atoms with Crippen molar-refractivity contribution in [3.05, 3.63) is 59.2 Å². The van der Waals surface area contributed by atoms with E-state index in [2.05, 4.69) is 16.0 Å². The molecule has 1 fully saturated rings. The van der Waals surface area contributed by atoms with Crippen molar-refractivity contribution in [1.29, 1.82) is 0 Å². The number of carbonyl (C=O) groups excluding carboxylic acids is 3. The van der Waals surface area contributed by atoms with Gasteiger partial charge in [-0.05, 0) is 51.0 Å². The van der Waals surface area contributed by atoms with Crippen molar-refractivity contribution in [1.82, 2.24) is 10.6 Å². The molecule has 0 radical (unpaired) electrons. The smallest absolute Gasteiger partial charge is 0.342 e. The van der Waals surface area contributed by atoms with Crippen molar-refractivity contribution < 1.29 is 29.3 Å². The lowest BCUT2D eigenvalue weighted by atomic mass is 9.76. The molecule has 0 aliphatic heterocycles. The van der Waals surface area contributed by atoms with Gasteiger partial charge in [-0.2, -0.15) is 0 Å². The highest BCUT2D eigenvalue weighted by Gasteiger charge is 2.66. The number of nitrogens with one attached hydrogen (secondary N) is 3. The van der Waals surface area contributed by atoms with Crippen LogP contribution in [0.15, 0.2) is 42.5 Å². The fourth-order valence-corrected chi connectivity index (χ4v) is 5.36. The van der Waals surface area contributed by atoms with Crippen LogP contribution < -0.4 is 21.7 Å². The van der Waals surface area contributed by atoms with Gasteiger partial charge in [0.2, 0.25) is 0 Å². The van der Waals surface area contributed by atoms with Crippen LogP contribution in [-0.2, 0) is 4.74 Å². The second-order valence-corrected chi connectivity index (χ2v) is 9.68. The summed E-state index contributed by atoms with van der Waals surface area (Å²) in [6.07, 6.45) is 0.281. The number of amides is 2. The molecule has 0 heterocycles. The van der Waals surface area contributed by atoms with Crippen LogP contribution >= 0.6 is 0 Å². The van der Waals surface area contributed by atoms with Gasteiger partial charge in [0.05, 0.1) is 29.8 Å². The van der Waals surface area contributed by atoms with Gasteiger partial charge in [0.15, 0.2) is 5.78 Å². The van der Waals surface area contributed by atoms with E-state index >= 15 is 0 Å². The summed E-state index contributed by atoms with van der Waals surface area (Å²) in [5.74, 6) is -1.85. The van der Waals surface area contributed by atoms with Gasteiger partial charge in [-0.15, -0.1) is 0 Å². The number of carbonyl (C=O) groups is 3. The topological polar surface area (TPSA) is 163 Å². The Morgan fingerprint density at radius 1 is 1.16 bits per heavy atom. The van der Waals surface area contributed by atoms with Crippen LogP contribution in [0, 0.1) is 12.8 Å². The van der Waals surface area contributed by atoms with Crippen LogP contribution in [0.25, 0.3) is 0 Å². The minimum atomic E-state index is -1.63. The maximum Gasteiger partial charge on any atom is 0.342 e. The number of hydrogen-bond acceptors (Lipinski definition) is 8. The minimum absolute atomic E-state index is 0.0355. The van der Waals surface area contributed by atoms with Crippen molar-refractivity contribution in [2.24, 2.45) is 11.7 Å². The van der Waals surface area contributed by atoms with Crippen LogP contribution in [0.5, 0.6) is 5.75 Å². The maximum atomic E-state index is 12.9. The molecule has 2 amide bonds. The molecule has 200 valence electrons. The molecular formula is C27H36N4O6. The zero-order chi connectivity index (χ0) is 27.5. The second-order valence-electron chi connectivity index (χ2n) is 9.68. The number of anilines is 1. The number of phenols is 1. The Balaban J connectivity index is 2.00. The Morgan fingerprint density at radius 3 is 2.43 bits per heavy atom. The molecule has 0 spiro atoms. The molecule has 3 rings (SSSR count). The molecule has 0 aromatic heterocycles. The summed E-state index contributed by atoms with van der Waals surface area (Å²) in [5.41, 5.74) is 5.48. The second kappa shape index (κ2) is 10.8. The van der Waals surface area contributed by atoms with Crippen molar-refractivity contribution in [3.8, 4) is 5.75 Å². The van der Waals surface area contributed by atoms with E-state index in [0.717, 1.165) is 0 Å². The minimum Gasteiger partial charge on any atom is -0.507 e. The lowest BCUT2D eigenvalue weighted by Gasteiger charge is -2.44. The summed E-state index contributed by atoms with van der Waals surface area (Å²) in [6, 6.07) is 9.55. The first-order valence-electron chi connectivity index (χ1n) is 12.2. The molecule has 0 bridgehead atoms. The summed E-state index contributed by atoms with van der Waals surface area (Å²) in [5, 5.41) is 30.8. The number of aryl methyl sites for hydroxylation is 1. The first kappa shape index (κ1) is 27.9. The largest absolute Gasteiger partial charge is 0.507 e. The van der Waals surface area contributed by atoms with E-state index in [1.807, 2.05) is 0 Å². The summed E-state index contributed by atoms with van der Waals surface area (Å²) in [7, 11) is 1.46. The van der Waals surface area contributed by atoms with E-state index in [-0.39, 0.29) is 30.1 Å². The molecule has 10 heteroatoms. The van der Waals surface area contributed by atoms with Crippen molar-refractivity contribution in [3.63, 3.8) is 0 Å². The summed E-state index contributed by atoms with van der Waals surface area (Å²) < 4.78 is 5.62. The average Bonchev–Trinajstić information content (AvgIpc) is 3.00. The number of esters is 1. The Labute approximate surface area is 216 Å². The predicted octanol–water partition coefficient (Wildman–Crippen LogP) is 2.33. The number of aliphatic hydroxyl groups is 1. The van der Waals surface area contributed by atoms with Crippen LogP contribution in [0.2, 0.25) is 0 Å². The van der Waals surface area contributed by atoms with Gasteiger partial charge in [-0.1, -0.05) is 31.2 Å². The highest BCUT2D eigenvalue weighted by atomic mass is 16.5. The van der Waals surface area contributed by atoms with E-state index in [9.17, 15) is 24.6 Å². The molecule has 1 aliphatic rings. The number of nitrogens with two attached hydrogens (primary N) is 1. The summed E-state index contributed by atoms with van der Waals surface area (Å²) in [4.78, 5) is 37.3. The molecule has 10 nitrogen and oxygen atoms in total. The van der Waals surface area contributed by atoms with Crippen LogP contribution in [0.4, 0.5) is 10.5 Å². The Hall–Kier alpha value is -3.63. The number of Topliss-reactive ketones (excluding diaryl/α,β-unsaturated/α-hetero) is 1. The molecule has 37 heavy (non-hydrogen) atoms. The first-order chi connectivity index (χ1) is 17.4. The van der Waals surface area contributed by atoms with Crippen molar-refractivity contribution >= 4 is 23.5 Å². The quantitative estimate of drug-likeness (QED) is 0.232. The SMILES string of the molecule is CC[C@]1(NC(=O)NC)[C@@H](N)[C@H](Nc2cccc(C(C)=O)c2)[C@H](COC(=O)c2c(C)cccc2O)[C@]1(C)O. The lowest BCUT2D eigenvalue weighted by Crippen LogP contribution is -2.69. The third kappa shape index (κ3) is 5.12. The normalized spacial score (nSPS) is 26.8. The number of ketones is 1. The molecular weight excluding hydrogens is 476 g/mol. The highest BCUT2D eigenvalue weighted by Crippen LogP contribution is 2.46. The zero-order valence-electron chi connectivity index (χ0n) is 21.8. The number of rotatable bonds is 8. The molecule has 1 aliphatic carbocycles. The van der Waals surface area contributed by atoms with Crippen LogP contribution in [-0.4, -0.2) is 64.9 Å². The van der Waals surface area contributed by atoms with Gasteiger partial charge in [0.1, 0.15) is 11.3 Å². The fraction of sp³-hybridized carbons (Fsp3) is 0.444. The van der Waals surface area contributed by atoms with E-state index in [4.69, 9.17) is 10.5 Å². The number of benzene rings is 2. The molecule has 2 aromatic rings. The lowest BCUT2D eigenvalue weighted by molar-refractivity contribution is -0.0653. The zero-order valence-corrected chi connectivity index (χ0v) is 21.8. The molecule has 1 saturated carbocycles. The Kier molecular flexibility index (Phi) is 8.14. The number of urea groups is 1. The predicted molar refractivity (Wildman–Crippen MR) is 140 cm³/mol. The highest BCUT2D eigenvalue weighted by molar-refractivity contribution is 5.95. The van der Waals surface area contributed by atoms with Gasteiger partial charge >= 0.3 is 12.0 Å². The van der Waals surface area contributed by atoms with Crippen molar-refractivity contribution in [2.75, 3.05) is 19.0 Å². The van der Waals surface area contributed by atoms with Gasteiger partial charge in [0.25, 0.3) is 0 Å². The molecule has 2 aromatic carbocycles. The third-order valence-electron chi connectivity index (χ3n) is 7.59. The first-order valence-corrected chi connectivity index (χ1v) is 12.2. The standard InChI is InChI=1S/C27H36N4O6/c1-6-27(31-25(35)29-5)23(28)22(30-18-11-8-10-17(13-18)16(3)32)19(26(27,4)36)14-37-24(34)21-15(2)9-7-12-20(21)33/h7-13,19,22-23,30,33,36H,6,14,28H2,1-5H3,(H2,29,31,35)/t19-,22+,23-,26-,27-/m0/s1. The number of phenolic OH excluding ortho intramolecular Hbond substituents is 1.